The highest BCUT2D eigenvalue weighted by atomic mass is 16.6. The molecule has 0 radical (unpaired) electrons. The number of anilines is 1. The monoisotopic (exact) mass is 443 g/mol. The zero-order chi connectivity index (χ0) is 23.5. The largest absolute Gasteiger partial charge is 0.468 e. The molecule has 0 bridgehead atoms. The molecule has 0 spiro atoms. The number of aromatic nitrogens is 1. The van der Waals surface area contributed by atoms with Crippen molar-refractivity contribution in [2.75, 3.05) is 25.1 Å². The molecule has 9 heteroatoms. The summed E-state index contributed by atoms with van der Waals surface area (Å²) in [5, 5.41) is 6.40. The summed E-state index contributed by atoms with van der Waals surface area (Å²) in [5.74, 6) is -1.10. The van der Waals surface area contributed by atoms with Crippen molar-refractivity contribution < 1.29 is 28.4 Å². The van der Waals surface area contributed by atoms with Gasteiger partial charge in [0.25, 0.3) is 5.91 Å². The molecular weight excluding hydrogens is 414 g/mol. The first-order valence-electron chi connectivity index (χ1n) is 10.5. The first kappa shape index (κ1) is 23.3. The number of amides is 2. The fourth-order valence-corrected chi connectivity index (χ4v) is 3.58. The predicted molar refractivity (Wildman–Crippen MR) is 117 cm³/mol. The number of rotatable bonds is 5. The van der Waals surface area contributed by atoms with Crippen LogP contribution in [0.1, 0.15) is 60.5 Å². The summed E-state index contributed by atoms with van der Waals surface area (Å²) in [6.45, 7) is 7.77. The molecule has 1 N–H and O–H groups in total. The molecule has 32 heavy (non-hydrogen) atoms. The topological polar surface area (TPSA) is 111 Å². The van der Waals surface area contributed by atoms with Crippen LogP contribution in [0.2, 0.25) is 0 Å². The van der Waals surface area contributed by atoms with Crippen molar-refractivity contribution in [1.82, 2.24) is 10.5 Å². The van der Waals surface area contributed by atoms with Gasteiger partial charge >= 0.3 is 12.1 Å². The minimum atomic E-state index is -0.709. The zero-order valence-electron chi connectivity index (χ0n) is 19.1. The number of hydrogen-bond acceptors (Lipinski definition) is 7. The first-order chi connectivity index (χ1) is 15.1. The second-order valence-corrected chi connectivity index (χ2v) is 8.73. The van der Waals surface area contributed by atoms with Gasteiger partial charge < -0.3 is 19.3 Å². The number of ether oxygens (including phenoxy) is 2. The first-order valence-corrected chi connectivity index (χ1v) is 10.5. The number of nitrogens with one attached hydrogen (secondary N) is 1. The normalized spacial score (nSPS) is 14.3. The minimum Gasteiger partial charge on any atom is -0.468 e. The summed E-state index contributed by atoms with van der Waals surface area (Å²) in [4.78, 5) is 39.0. The number of carbonyl (C=O) groups is 3. The minimum absolute atomic E-state index is 0.0337. The lowest BCUT2D eigenvalue weighted by Crippen LogP contribution is -2.40. The van der Waals surface area contributed by atoms with Crippen molar-refractivity contribution in [3.63, 3.8) is 0 Å². The van der Waals surface area contributed by atoms with Crippen LogP contribution in [0.4, 0.5) is 10.5 Å². The highest BCUT2D eigenvalue weighted by molar-refractivity contribution is 5.93. The Labute approximate surface area is 187 Å². The lowest BCUT2D eigenvalue weighted by Gasteiger charge is -2.32. The molecule has 1 aromatic heterocycles. The molecule has 0 unspecified atom stereocenters. The Hall–Kier alpha value is -3.36. The summed E-state index contributed by atoms with van der Waals surface area (Å²) in [7, 11) is 1.31. The smallest absolute Gasteiger partial charge is 0.414 e. The Kier molecular flexibility index (Phi) is 6.86. The van der Waals surface area contributed by atoms with E-state index in [9.17, 15) is 14.4 Å². The van der Waals surface area contributed by atoms with Crippen molar-refractivity contribution in [2.24, 2.45) is 0 Å². The van der Waals surface area contributed by atoms with Crippen molar-refractivity contribution in [3.05, 3.63) is 46.8 Å². The van der Waals surface area contributed by atoms with Crippen molar-refractivity contribution in [2.45, 2.75) is 52.1 Å². The third-order valence-electron chi connectivity index (χ3n) is 5.05. The molecule has 9 nitrogen and oxygen atoms in total. The van der Waals surface area contributed by atoms with Crippen molar-refractivity contribution in [1.29, 1.82) is 0 Å². The molecule has 3 rings (SSSR count). The van der Waals surface area contributed by atoms with E-state index in [1.165, 1.54) is 13.2 Å². The third-order valence-corrected chi connectivity index (χ3v) is 5.05. The lowest BCUT2D eigenvalue weighted by atomic mass is 9.93. The molecule has 1 aromatic carbocycles. The van der Waals surface area contributed by atoms with Gasteiger partial charge in [-0.15, -0.1) is 0 Å². The molecule has 1 atom stereocenters. The zero-order valence-corrected chi connectivity index (χ0v) is 19.1. The molecular formula is C23H29N3O6. The van der Waals surface area contributed by atoms with Gasteiger partial charge in [-0.25, -0.2) is 4.79 Å². The third kappa shape index (κ3) is 5.46. The average molecular weight is 444 g/mol. The molecule has 1 aliphatic heterocycles. The fraction of sp³-hybridized carbons (Fsp3) is 0.478. The van der Waals surface area contributed by atoms with Crippen LogP contribution in [-0.4, -0.2) is 48.9 Å². The number of aryl methyl sites for hydroxylation is 2. The molecule has 2 heterocycles. The summed E-state index contributed by atoms with van der Waals surface area (Å²) in [6.07, 6.45) is 1.15. The van der Waals surface area contributed by atoms with Gasteiger partial charge in [0.15, 0.2) is 5.69 Å². The van der Waals surface area contributed by atoms with Crippen LogP contribution in [0, 0.1) is 6.92 Å². The maximum atomic E-state index is 12.6. The Bertz CT molecular complexity index is 1010. The van der Waals surface area contributed by atoms with E-state index < -0.39 is 29.5 Å². The number of nitrogens with zero attached hydrogens (tertiary/aromatic N) is 2. The van der Waals surface area contributed by atoms with E-state index in [2.05, 4.69) is 10.5 Å². The van der Waals surface area contributed by atoms with E-state index in [1.54, 1.807) is 17.9 Å². The van der Waals surface area contributed by atoms with E-state index in [-0.39, 0.29) is 12.2 Å². The van der Waals surface area contributed by atoms with Gasteiger partial charge in [0, 0.05) is 19.2 Å². The summed E-state index contributed by atoms with van der Waals surface area (Å²) in [5.41, 5.74) is 1.94. The van der Waals surface area contributed by atoms with Gasteiger partial charge in [0.1, 0.15) is 11.4 Å². The van der Waals surface area contributed by atoms with E-state index in [0.717, 1.165) is 24.1 Å². The van der Waals surface area contributed by atoms with Gasteiger partial charge in [-0.1, -0.05) is 17.3 Å². The molecule has 0 saturated heterocycles. The van der Waals surface area contributed by atoms with E-state index in [0.29, 0.717) is 17.9 Å². The Balaban J connectivity index is 1.80. The summed E-state index contributed by atoms with van der Waals surface area (Å²) >= 11 is 0. The number of benzene rings is 1. The van der Waals surface area contributed by atoms with Crippen LogP contribution in [-0.2, 0) is 20.7 Å². The maximum Gasteiger partial charge on any atom is 0.414 e. The summed E-state index contributed by atoms with van der Waals surface area (Å²) < 4.78 is 15.4. The van der Waals surface area contributed by atoms with Crippen molar-refractivity contribution in [3.8, 4) is 0 Å². The molecule has 0 aliphatic carbocycles. The highest BCUT2D eigenvalue weighted by Crippen LogP contribution is 2.32. The van der Waals surface area contributed by atoms with Gasteiger partial charge in [0.05, 0.1) is 18.7 Å². The van der Waals surface area contributed by atoms with Crippen molar-refractivity contribution >= 4 is 23.7 Å². The Morgan fingerprint density at radius 2 is 2.00 bits per heavy atom. The van der Waals surface area contributed by atoms with Crippen LogP contribution in [0.25, 0.3) is 0 Å². The van der Waals surface area contributed by atoms with Crippen LogP contribution in [0.15, 0.2) is 28.8 Å². The quantitative estimate of drug-likeness (QED) is 0.706. The molecule has 0 saturated carbocycles. The molecule has 0 fully saturated rings. The average Bonchev–Trinajstić information content (AvgIpc) is 3.18. The van der Waals surface area contributed by atoms with Gasteiger partial charge in [-0.05, 0) is 57.7 Å². The van der Waals surface area contributed by atoms with Crippen LogP contribution in [0.3, 0.4) is 0 Å². The van der Waals surface area contributed by atoms with Crippen LogP contribution < -0.4 is 10.2 Å². The van der Waals surface area contributed by atoms with Gasteiger partial charge in [-0.2, -0.15) is 0 Å². The fourth-order valence-electron chi connectivity index (χ4n) is 3.58. The standard InChI is InChI=1S/C23H29N3O6/c1-14-11-18(25-32-14)20(27)24-13-17(21(28)30-5)15-8-9-19-16(12-15)7-6-10-26(19)22(29)31-23(2,3)4/h8-9,11-12,17H,6-7,10,13H2,1-5H3,(H,24,27)/t17-/m0/s1. The number of esters is 1. The second kappa shape index (κ2) is 9.42. The van der Waals surface area contributed by atoms with E-state index >= 15 is 0 Å². The Morgan fingerprint density at radius 1 is 1.25 bits per heavy atom. The maximum absolute atomic E-state index is 12.6. The number of hydrogen-bond donors (Lipinski definition) is 1. The number of fused-ring (bicyclic) bond motifs is 1. The van der Waals surface area contributed by atoms with Crippen LogP contribution in [0.5, 0.6) is 0 Å². The predicted octanol–water partition coefficient (Wildman–Crippen LogP) is 3.36. The number of carbonyl (C=O) groups excluding carboxylic acids is 3. The molecule has 2 aromatic rings. The summed E-state index contributed by atoms with van der Waals surface area (Å²) in [6, 6.07) is 6.99. The molecule has 1 aliphatic rings. The van der Waals surface area contributed by atoms with Crippen LogP contribution >= 0.6 is 0 Å². The highest BCUT2D eigenvalue weighted by Gasteiger charge is 2.29. The second-order valence-electron chi connectivity index (χ2n) is 8.73. The van der Waals surface area contributed by atoms with E-state index in [1.807, 2.05) is 32.9 Å². The molecule has 172 valence electrons. The van der Waals surface area contributed by atoms with E-state index in [4.69, 9.17) is 14.0 Å². The lowest BCUT2D eigenvalue weighted by molar-refractivity contribution is -0.142. The Morgan fingerprint density at radius 3 is 2.62 bits per heavy atom. The number of methoxy groups -OCH3 is 1. The van der Waals surface area contributed by atoms with Gasteiger partial charge in [-0.3, -0.25) is 14.5 Å². The SMILES string of the molecule is COC(=O)[C@@H](CNC(=O)c1cc(C)on1)c1ccc2c(c1)CCCN2C(=O)OC(C)(C)C. The molecule has 2 amide bonds. The van der Waals surface area contributed by atoms with Gasteiger partial charge in [0.2, 0.25) is 0 Å².